The zero-order valence-corrected chi connectivity index (χ0v) is 10.2. The fourth-order valence-electron chi connectivity index (χ4n) is 1.82. The molecule has 4 heteroatoms. The van der Waals surface area contributed by atoms with E-state index in [0.29, 0.717) is 11.4 Å². The van der Waals surface area contributed by atoms with Crippen LogP contribution in [0.5, 0.6) is 0 Å². The Morgan fingerprint density at radius 1 is 1.24 bits per heavy atom. The van der Waals surface area contributed by atoms with Crippen LogP contribution in [0.25, 0.3) is 11.1 Å². The number of anilines is 1. The molecule has 88 valence electrons. The third-order valence-corrected chi connectivity index (χ3v) is 3.07. The van der Waals surface area contributed by atoms with Gasteiger partial charge >= 0.3 is 0 Å². The standard InChI is InChI=1S/C13H15N3O/c1-8-4-10(7-17)11(5-9(8)2)12-6-15-16(3)13(12)14/h4-7H,14H2,1-3H3. The van der Waals surface area contributed by atoms with Crippen molar-refractivity contribution in [3.8, 4) is 11.1 Å². The highest BCUT2D eigenvalue weighted by atomic mass is 16.1. The lowest BCUT2D eigenvalue weighted by Gasteiger charge is -2.08. The zero-order chi connectivity index (χ0) is 12.6. The van der Waals surface area contributed by atoms with Crippen molar-refractivity contribution in [1.82, 2.24) is 9.78 Å². The third-order valence-electron chi connectivity index (χ3n) is 3.07. The number of aldehydes is 1. The predicted octanol–water partition coefficient (Wildman–Crippen LogP) is 2.10. The first kappa shape index (κ1) is 11.4. The summed E-state index contributed by atoms with van der Waals surface area (Å²) in [6.45, 7) is 4.00. The minimum absolute atomic E-state index is 0.566. The van der Waals surface area contributed by atoms with E-state index in [-0.39, 0.29) is 0 Å². The van der Waals surface area contributed by atoms with E-state index in [1.54, 1.807) is 17.9 Å². The summed E-state index contributed by atoms with van der Waals surface area (Å²) in [6.07, 6.45) is 2.54. The van der Waals surface area contributed by atoms with Gasteiger partial charge in [0.25, 0.3) is 0 Å². The Hall–Kier alpha value is -2.10. The number of rotatable bonds is 2. The van der Waals surface area contributed by atoms with E-state index in [1.807, 2.05) is 26.0 Å². The quantitative estimate of drug-likeness (QED) is 0.802. The van der Waals surface area contributed by atoms with E-state index in [9.17, 15) is 4.79 Å². The first-order chi connectivity index (χ1) is 8.04. The van der Waals surface area contributed by atoms with E-state index in [0.717, 1.165) is 28.5 Å². The number of hydrogen-bond donors (Lipinski definition) is 1. The van der Waals surface area contributed by atoms with Gasteiger partial charge in [0.2, 0.25) is 0 Å². The smallest absolute Gasteiger partial charge is 0.150 e. The van der Waals surface area contributed by atoms with Gasteiger partial charge in [0.15, 0.2) is 6.29 Å². The summed E-state index contributed by atoms with van der Waals surface area (Å²) in [4.78, 5) is 11.1. The Balaban J connectivity index is 2.70. The van der Waals surface area contributed by atoms with Gasteiger partial charge in [-0.3, -0.25) is 9.48 Å². The van der Waals surface area contributed by atoms with Crippen molar-refractivity contribution in [2.24, 2.45) is 7.05 Å². The fraction of sp³-hybridized carbons (Fsp3) is 0.231. The maximum atomic E-state index is 11.1. The maximum absolute atomic E-state index is 11.1. The normalized spacial score (nSPS) is 10.5. The van der Waals surface area contributed by atoms with Crippen LogP contribution in [-0.4, -0.2) is 16.1 Å². The molecule has 17 heavy (non-hydrogen) atoms. The number of aromatic nitrogens is 2. The number of carbonyl (C=O) groups excluding carboxylic acids is 1. The largest absolute Gasteiger partial charge is 0.383 e. The number of aryl methyl sites for hydroxylation is 3. The molecule has 0 radical (unpaired) electrons. The zero-order valence-electron chi connectivity index (χ0n) is 10.2. The minimum Gasteiger partial charge on any atom is -0.383 e. The molecule has 0 saturated carbocycles. The Morgan fingerprint density at radius 2 is 1.88 bits per heavy atom. The van der Waals surface area contributed by atoms with E-state index in [4.69, 9.17) is 5.73 Å². The molecule has 0 aliphatic carbocycles. The number of carbonyl (C=O) groups is 1. The van der Waals surface area contributed by atoms with Crippen molar-refractivity contribution < 1.29 is 4.79 Å². The van der Waals surface area contributed by atoms with Gasteiger partial charge in [-0.2, -0.15) is 5.10 Å². The molecule has 0 atom stereocenters. The van der Waals surface area contributed by atoms with Gasteiger partial charge in [0.1, 0.15) is 5.82 Å². The Bertz CT molecular complexity index is 585. The van der Waals surface area contributed by atoms with Crippen molar-refractivity contribution in [2.75, 3.05) is 5.73 Å². The summed E-state index contributed by atoms with van der Waals surface area (Å²) in [5.74, 6) is 0.566. The van der Waals surface area contributed by atoms with Crippen LogP contribution in [0, 0.1) is 13.8 Å². The van der Waals surface area contributed by atoms with Gasteiger partial charge in [-0.05, 0) is 36.6 Å². The van der Waals surface area contributed by atoms with Gasteiger partial charge in [-0.15, -0.1) is 0 Å². The Morgan fingerprint density at radius 3 is 2.41 bits per heavy atom. The minimum atomic E-state index is 0.566. The van der Waals surface area contributed by atoms with E-state index >= 15 is 0 Å². The monoisotopic (exact) mass is 229 g/mol. The lowest BCUT2D eigenvalue weighted by molar-refractivity contribution is 0.112. The highest BCUT2D eigenvalue weighted by Crippen LogP contribution is 2.29. The summed E-state index contributed by atoms with van der Waals surface area (Å²) in [6, 6.07) is 3.86. The van der Waals surface area contributed by atoms with Crippen molar-refractivity contribution in [3.05, 3.63) is 35.0 Å². The van der Waals surface area contributed by atoms with Crippen LogP contribution in [-0.2, 0) is 7.05 Å². The van der Waals surface area contributed by atoms with Crippen molar-refractivity contribution in [2.45, 2.75) is 13.8 Å². The molecule has 0 spiro atoms. The number of hydrogen-bond acceptors (Lipinski definition) is 3. The van der Waals surface area contributed by atoms with Gasteiger partial charge in [-0.25, -0.2) is 0 Å². The molecular weight excluding hydrogens is 214 g/mol. The van der Waals surface area contributed by atoms with E-state index in [1.165, 1.54) is 0 Å². The van der Waals surface area contributed by atoms with Crippen molar-refractivity contribution in [3.63, 3.8) is 0 Å². The van der Waals surface area contributed by atoms with E-state index in [2.05, 4.69) is 5.10 Å². The highest BCUT2D eigenvalue weighted by molar-refractivity contribution is 5.90. The lowest BCUT2D eigenvalue weighted by Crippen LogP contribution is -1.99. The molecular formula is C13H15N3O. The molecule has 2 rings (SSSR count). The summed E-state index contributed by atoms with van der Waals surface area (Å²) >= 11 is 0. The molecule has 0 aliphatic heterocycles. The average Bonchev–Trinajstić information content (AvgIpc) is 2.63. The molecule has 0 aliphatic rings. The highest BCUT2D eigenvalue weighted by Gasteiger charge is 2.12. The molecule has 4 nitrogen and oxygen atoms in total. The molecule has 1 aromatic heterocycles. The van der Waals surface area contributed by atoms with Gasteiger partial charge in [0, 0.05) is 18.2 Å². The van der Waals surface area contributed by atoms with E-state index < -0.39 is 0 Å². The molecule has 0 unspecified atom stereocenters. The number of nitrogens with zero attached hydrogens (tertiary/aromatic N) is 2. The van der Waals surface area contributed by atoms with Crippen LogP contribution in [0.3, 0.4) is 0 Å². The molecule has 2 N–H and O–H groups in total. The first-order valence-corrected chi connectivity index (χ1v) is 5.39. The summed E-state index contributed by atoms with van der Waals surface area (Å²) < 4.78 is 1.60. The molecule has 0 bridgehead atoms. The summed E-state index contributed by atoms with van der Waals surface area (Å²) in [5.41, 5.74) is 10.5. The number of benzene rings is 1. The maximum Gasteiger partial charge on any atom is 0.150 e. The van der Waals surface area contributed by atoms with Crippen LogP contribution >= 0.6 is 0 Å². The topological polar surface area (TPSA) is 60.9 Å². The number of nitrogen functional groups attached to an aromatic ring is 1. The van der Waals surface area contributed by atoms with Crippen molar-refractivity contribution >= 4 is 12.1 Å². The molecule has 0 amide bonds. The molecule has 1 heterocycles. The van der Waals surface area contributed by atoms with Crippen LogP contribution in [0.1, 0.15) is 21.5 Å². The Labute approximate surface area is 100 Å². The average molecular weight is 229 g/mol. The fourth-order valence-corrected chi connectivity index (χ4v) is 1.82. The molecule has 2 aromatic rings. The van der Waals surface area contributed by atoms with Gasteiger partial charge in [-0.1, -0.05) is 6.07 Å². The molecule has 0 fully saturated rings. The van der Waals surface area contributed by atoms with Gasteiger partial charge < -0.3 is 5.73 Å². The second-order valence-electron chi connectivity index (χ2n) is 4.21. The number of nitrogens with two attached hydrogens (primary N) is 1. The summed E-state index contributed by atoms with van der Waals surface area (Å²) in [5, 5.41) is 4.10. The SMILES string of the molecule is Cc1cc(C=O)c(-c2cnn(C)c2N)cc1C. The van der Waals surface area contributed by atoms with Crippen molar-refractivity contribution in [1.29, 1.82) is 0 Å². The molecule has 1 aromatic carbocycles. The Kier molecular flexibility index (Phi) is 2.71. The van der Waals surface area contributed by atoms with Crippen LogP contribution in [0.15, 0.2) is 18.3 Å². The predicted molar refractivity (Wildman–Crippen MR) is 67.9 cm³/mol. The first-order valence-electron chi connectivity index (χ1n) is 5.39. The lowest BCUT2D eigenvalue weighted by atomic mass is 9.97. The third kappa shape index (κ3) is 1.82. The van der Waals surface area contributed by atoms with Crippen LogP contribution in [0.2, 0.25) is 0 Å². The second-order valence-corrected chi connectivity index (χ2v) is 4.21. The molecule has 0 saturated heterocycles. The van der Waals surface area contributed by atoms with Crippen LogP contribution in [0.4, 0.5) is 5.82 Å². The second kappa shape index (κ2) is 4.05. The van der Waals surface area contributed by atoms with Gasteiger partial charge in [0.05, 0.1) is 6.20 Å². The van der Waals surface area contributed by atoms with Crippen LogP contribution < -0.4 is 5.73 Å². The summed E-state index contributed by atoms with van der Waals surface area (Å²) in [7, 11) is 1.78.